The number of furan rings is 1. The van der Waals surface area contributed by atoms with Crippen LogP contribution in [0, 0.1) is 6.92 Å². The van der Waals surface area contributed by atoms with Crippen LogP contribution in [0.4, 0.5) is 10.7 Å². The molecule has 0 unspecified atom stereocenters. The minimum atomic E-state index is -3.91. The second kappa shape index (κ2) is 15.4. The molecule has 1 atom stereocenters. The van der Waals surface area contributed by atoms with Gasteiger partial charge in [-0.1, -0.05) is 25.7 Å². The van der Waals surface area contributed by atoms with Crippen LogP contribution in [0.3, 0.4) is 0 Å². The van der Waals surface area contributed by atoms with Crippen LogP contribution in [0.15, 0.2) is 34.7 Å². The highest BCUT2D eigenvalue weighted by atomic mass is 32.2. The topological polar surface area (TPSA) is 150 Å². The van der Waals surface area contributed by atoms with Crippen molar-refractivity contribution in [2.45, 2.75) is 78.4 Å². The average Bonchev–Trinajstić information content (AvgIpc) is 3.56. The molecule has 0 radical (unpaired) electrons. The zero-order chi connectivity index (χ0) is 34.3. The smallest absolute Gasteiger partial charge is 0.407 e. The number of rotatable bonds is 16. The molecule has 1 aromatic carbocycles. The summed E-state index contributed by atoms with van der Waals surface area (Å²) in [7, 11) is -2.54. The molecule has 1 amide bonds. The molecule has 15 heteroatoms. The predicted octanol–water partition coefficient (Wildman–Crippen LogP) is 5.22. The van der Waals surface area contributed by atoms with Gasteiger partial charge in [-0.25, -0.2) is 17.5 Å². The monoisotopic (exact) mass is 678 g/mol. The van der Waals surface area contributed by atoms with Gasteiger partial charge < -0.3 is 29.3 Å². The minimum Gasteiger partial charge on any atom is -0.494 e. The Balaban J connectivity index is 1.94. The lowest BCUT2D eigenvalue weighted by atomic mass is 10.2. The number of sulfonamides is 1. The standard InChI is InChI=1S/C31H50N6O7SSi/c1-22(16-17-33-30(38)44-31(3,4)5)32-18-20-45(39,40)36(19-21-46(8,9)10)29-35-34-28(26-15-14-23(2)43-26)37(29)27-24(41-6)12-11-13-25(27)42-7/h11-15,22,32H,16-21H2,1-10H3,(H,33,38)/t22-/m1/s1. The van der Waals surface area contributed by atoms with Gasteiger partial charge in [0.15, 0.2) is 5.76 Å². The predicted molar refractivity (Wildman–Crippen MR) is 183 cm³/mol. The van der Waals surface area contributed by atoms with E-state index in [4.69, 9.17) is 18.6 Å². The van der Waals surface area contributed by atoms with Crippen molar-refractivity contribution in [1.82, 2.24) is 25.4 Å². The molecule has 0 saturated heterocycles. The van der Waals surface area contributed by atoms with E-state index in [1.807, 2.05) is 19.9 Å². The summed E-state index contributed by atoms with van der Waals surface area (Å²) in [5, 5.41) is 14.9. The fraction of sp³-hybridized carbons (Fsp3) is 0.581. The van der Waals surface area contributed by atoms with Gasteiger partial charge in [0.2, 0.25) is 21.8 Å². The number of ether oxygens (including phenoxy) is 3. The van der Waals surface area contributed by atoms with Crippen LogP contribution in [-0.2, 0) is 14.8 Å². The summed E-state index contributed by atoms with van der Waals surface area (Å²) in [6.45, 7) is 16.5. The lowest BCUT2D eigenvalue weighted by molar-refractivity contribution is 0.0526. The lowest BCUT2D eigenvalue weighted by Gasteiger charge is -2.28. The van der Waals surface area contributed by atoms with E-state index in [1.165, 1.54) is 18.5 Å². The van der Waals surface area contributed by atoms with Gasteiger partial charge in [-0.3, -0.25) is 4.57 Å². The van der Waals surface area contributed by atoms with Gasteiger partial charge in [-0.2, -0.15) is 0 Å². The number of para-hydroxylation sites is 1. The summed E-state index contributed by atoms with van der Waals surface area (Å²) in [5.41, 5.74) is -0.128. The number of carbonyl (C=O) groups excluding carboxylic acids is 1. The van der Waals surface area contributed by atoms with E-state index < -0.39 is 29.8 Å². The van der Waals surface area contributed by atoms with Crippen LogP contribution in [0.5, 0.6) is 11.5 Å². The van der Waals surface area contributed by atoms with E-state index in [0.29, 0.717) is 53.5 Å². The van der Waals surface area contributed by atoms with E-state index >= 15 is 0 Å². The Bertz CT molecular complexity index is 1540. The highest BCUT2D eigenvalue weighted by molar-refractivity contribution is 7.92. The molecule has 0 fully saturated rings. The highest BCUT2D eigenvalue weighted by Crippen LogP contribution is 2.39. The molecule has 3 rings (SSSR count). The molecule has 13 nitrogen and oxygen atoms in total. The second-order valence-corrected chi connectivity index (χ2v) is 21.0. The summed E-state index contributed by atoms with van der Waals surface area (Å²) >= 11 is 0. The van der Waals surface area contributed by atoms with Gasteiger partial charge in [0, 0.05) is 33.7 Å². The SMILES string of the molecule is COc1cccc(OC)c1-n1c(-c2ccc(C)o2)nnc1N(CC[Si](C)(C)C)S(=O)(=O)CCN[C@H](C)CCNC(=O)OC(C)(C)C. The Hall–Kier alpha value is -3.56. The zero-order valence-electron chi connectivity index (χ0n) is 28.8. The average molecular weight is 679 g/mol. The number of alkyl carbamates (subject to hydrolysis) is 1. The molecular weight excluding hydrogens is 629 g/mol. The van der Waals surface area contributed by atoms with Crippen LogP contribution in [0.1, 0.15) is 39.9 Å². The van der Waals surface area contributed by atoms with E-state index in [-0.39, 0.29) is 30.8 Å². The van der Waals surface area contributed by atoms with Crippen LogP contribution in [-0.4, -0.2) is 88.6 Å². The van der Waals surface area contributed by atoms with Crippen molar-refractivity contribution >= 4 is 30.1 Å². The molecule has 2 heterocycles. The van der Waals surface area contributed by atoms with Gasteiger partial charge in [-0.05, 0) is 71.3 Å². The number of anilines is 1. The summed E-state index contributed by atoms with van der Waals surface area (Å²) < 4.78 is 53.9. The Morgan fingerprint density at radius 2 is 1.72 bits per heavy atom. The molecule has 2 aromatic heterocycles. The van der Waals surface area contributed by atoms with E-state index in [1.54, 1.807) is 49.6 Å². The Morgan fingerprint density at radius 1 is 1.07 bits per heavy atom. The van der Waals surface area contributed by atoms with Gasteiger partial charge in [0.05, 0.1) is 20.0 Å². The molecule has 0 aliphatic carbocycles. The largest absolute Gasteiger partial charge is 0.494 e. The molecular formula is C31H50N6O7SSi. The fourth-order valence-electron chi connectivity index (χ4n) is 4.56. The number of nitrogens with one attached hydrogen (secondary N) is 2. The first-order chi connectivity index (χ1) is 21.5. The van der Waals surface area contributed by atoms with Crippen molar-refractivity contribution in [3.63, 3.8) is 0 Å². The number of hydrogen-bond donors (Lipinski definition) is 2. The number of nitrogens with zero attached hydrogens (tertiary/aromatic N) is 4. The van der Waals surface area contributed by atoms with Crippen molar-refractivity contribution in [2.75, 3.05) is 43.9 Å². The first-order valence-corrected chi connectivity index (χ1v) is 20.7. The third kappa shape index (κ3) is 10.2. The van der Waals surface area contributed by atoms with Crippen LogP contribution < -0.4 is 24.4 Å². The Kier molecular flexibility index (Phi) is 12.3. The minimum absolute atomic E-state index is 0.0594. The molecule has 256 valence electrons. The molecule has 3 aromatic rings. The van der Waals surface area contributed by atoms with Crippen LogP contribution in [0.2, 0.25) is 25.7 Å². The molecule has 2 N–H and O–H groups in total. The van der Waals surface area contributed by atoms with Crippen molar-refractivity contribution in [3.8, 4) is 28.8 Å². The molecule has 0 saturated carbocycles. The third-order valence-corrected chi connectivity index (χ3v) is 10.4. The lowest BCUT2D eigenvalue weighted by Crippen LogP contribution is -2.42. The Morgan fingerprint density at radius 3 is 2.26 bits per heavy atom. The summed E-state index contributed by atoms with van der Waals surface area (Å²) in [6.07, 6.45) is 0.104. The molecule has 0 aliphatic rings. The normalized spacial score (nSPS) is 12.9. The number of hydrogen-bond acceptors (Lipinski definition) is 10. The number of carbonyl (C=O) groups is 1. The number of amides is 1. The maximum Gasteiger partial charge on any atom is 0.407 e. The Labute approximate surface area is 274 Å². The first kappa shape index (κ1) is 36.9. The van der Waals surface area contributed by atoms with E-state index in [2.05, 4.69) is 40.5 Å². The third-order valence-electron chi connectivity index (χ3n) is 6.95. The van der Waals surface area contributed by atoms with Crippen LogP contribution in [0.25, 0.3) is 17.3 Å². The zero-order valence-corrected chi connectivity index (χ0v) is 30.6. The number of aromatic nitrogens is 3. The van der Waals surface area contributed by atoms with Gasteiger partial charge in [-0.15, -0.1) is 10.2 Å². The summed E-state index contributed by atoms with van der Waals surface area (Å²) in [6, 6.07) is 9.53. The van der Waals surface area contributed by atoms with Crippen LogP contribution >= 0.6 is 0 Å². The number of benzene rings is 1. The van der Waals surface area contributed by atoms with Gasteiger partial charge in [0.25, 0.3) is 0 Å². The fourth-order valence-corrected chi connectivity index (χ4v) is 6.95. The van der Waals surface area contributed by atoms with E-state index in [0.717, 1.165) is 0 Å². The van der Waals surface area contributed by atoms with E-state index in [9.17, 15) is 13.2 Å². The maximum absolute atomic E-state index is 14.2. The second-order valence-electron chi connectivity index (χ2n) is 13.4. The van der Waals surface area contributed by atoms with Crippen molar-refractivity contribution in [3.05, 3.63) is 36.1 Å². The van der Waals surface area contributed by atoms with Gasteiger partial charge >= 0.3 is 6.09 Å². The molecule has 0 aliphatic heterocycles. The molecule has 46 heavy (non-hydrogen) atoms. The summed E-state index contributed by atoms with van der Waals surface area (Å²) in [5.74, 6) is 2.21. The first-order valence-electron chi connectivity index (χ1n) is 15.4. The highest BCUT2D eigenvalue weighted by Gasteiger charge is 2.33. The number of methoxy groups -OCH3 is 2. The van der Waals surface area contributed by atoms with Crippen molar-refractivity contribution in [1.29, 1.82) is 0 Å². The molecule has 0 spiro atoms. The van der Waals surface area contributed by atoms with Crippen molar-refractivity contribution < 1.29 is 31.8 Å². The summed E-state index contributed by atoms with van der Waals surface area (Å²) in [4.78, 5) is 12.0. The quantitative estimate of drug-likeness (QED) is 0.193. The molecule has 0 bridgehead atoms. The maximum atomic E-state index is 14.2. The number of aryl methyl sites for hydroxylation is 1. The van der Waals surface area contributed by atoms with Crippen molar-refractivity contribution in [2.24, 2.45) is 0 Å². The van der Waals surface area contributed by atoms with Gasteiger partial charge in [0.1, 0.15) is 28.5 Å².